The van der Waals surface area contributed by atoms with E-state index in [1.54, 1.807) is 17.0 Å². The van der Waals surface area contributed by atoms with Crippen LogP contribution in [0, 0.1) is 6.92 Å². The lowest BCUT2D eigenvalue weighted by molar-refractivity contribution is -0.141. The van der Waals surface area contributed by atoms with Gasteiger partial charge in [-0.2, -0.15) is 0 Å². The van der Waals surface area contributed by atoms with E-state index < -0.39 is 22.0 Å². The number of fused-ring (bicyclic) bond motifs is 1. The Labute approximate surface area is 213 Å². The number of carbonyl (C=O) groups is 3. The SMILES string of the molecule is CCCCNC(=O)[C@@H](CC)N(Cc1cccc(C)c1)C(=O)CCCN1C(=O)c2ccccc2S1(=O)=O. The van der Waals surface area contributed by atoms with Gasteiger partial charge in [0.2, 0.25) is 11.8 Å². The third-order valence-corrected chi connectivity index (χ3v) is 8.16. The normalized spacial score (nSPS) is 14.9. The minimum atomic E-state index is -3.92. The molecule has 3 amide bonds. The summed E-state index contributed by atoms with van der Waals surface area (Å²) in [7, 11) is -3.92. The molecule has 0 radical (unpaired) electrons. The van der Waals surface area contributed by atoms with Crippen molar-refractivity contribution in [3.8, 4) is 0 Å². The topological polar surface area (TPSA) is 104 Å². The summed E-state index contributed by atoms with van der Waals surface area (Å²) in [6, 6.07) is 13.3. The predicted molar refractivity (Wildman–Crippen MR) is 138 cm³/mol. The third-order valence-electron chi connectivity index (χ3n) is 6.31. The van der Waals surface area contributed by atoms with Gasteiger partial charge < -0.3 is 10.2 Å². The van der Waals surface area contributed by atoms with Crippen LogP contribution in [0.15, 0.2) is 53.4 Å². The molecule has 36 heavy (non-hydrogen) atoms. The number of rotatable bonds is 12. The number of sulfonamides is 1. The van der Waals surface area contributed by atoms with Crippen LogP contribution in [-0.2, 0) is 26.2 Å². The zero-order chi connectivity index (χ0) is 26.3. The molecular formula is C27H35N3O5S. The fraction of sp³-hybridized carbons (Fsp3) is 0.444. The maximum atomic E-state index is 13.4. The molecule has 1 aliphatic rings. The van der Waals surface area contributed by atoms with E-state index in [1.165, 1.54) is 12.1 Å². The lowest BCUT2D eigenvalue weighted by Crippen LogP contribution is -2.49. The molecule has 2 aromatic carbocycles. The summed E-state index contributed by atoms with van der Waals surface area (Å²) in [5, 5.41) is 2.93. The summed E-state index contributed by atoms with van der Waals surface area (Å²) >= 11 is 0. The molecule has 1 heterocycles. The van der Waals surface area contributed by atoms with E-state index in [4.69, 9.17) is 0 Å². The molecule has 9 heteroatoms. The number of benzene rings is 2. The Morgan fingerprint density at radius 3 is 2.47 bits per heavy atom. The number of aryl methyl sites for hydroxylation is 1. The first-order valence-corrected chi connectivity index (χ1v) is 13.9. The van der Waals surface area contributed by atoms with Gasteiger partial charge in [0.05, 0.1) is 5.56 Å². The summed E-state index contributed by atoms with van der Waals surface area (Å²) in [4.78, 5) is 40.6. The number of unbranched alkanes of at least 4 members (excludes halogenated alkanes) is 1. The third kappa shape index (κ3) is 6.13. The summed E-state index contributed by atoms with van der Waals surface area (Å²) in [5.41, 5.74) is 2.12. The number of nitrogens with one attached hydrogen (secondary N) is 1. The first-order chi connectivity index (χ1) is 17.2. The van der Waals surface area contributed by atoms with Crippen molar-refractivity contribution in [1.82, 2.24) is 14.5 Å². The standard InChI is InChI=1S/C27H35N3O5S/c1-4-6-16-28-26(32)23(5-2)29(19-21-12-9-11-20(3)18-21)25(31)15-10-17-30-27(33)22-13-7-8-14-24(22)36(30,34)35/h7-9,11-14,18,23H,4-6,10,15-17,19H2,1-3H3,(H,28,32)/t23-/m1/s1. The number of amides is 3. The Bertz CT molecular complexity index is 1210. The van der Waals surface area contributed by atoms with Gasteiger partial charge in [-0.3, -0.25) is 14.4 Å². The van der Waals surface area contributed by atoms with Crippen LogP contribution < -0.4 is 5.32 Å². The molecule has 0 fully saturated rings. The second-order valence-electron chi connectivity index (χ2n) is 9.06. The Hall–Kier alpha value is -3.20. The summed E-state index contributed by atoms with van der Waals surface area (Å²) in [6.45, 7) is 6.60. The number of nitrogens with zero attached hydrogens (tertiary/aromatic N) is 2. The second kappa shape index (κ2) is 12.2. The molecule has 1 N–H and O–H groups in total. The average Bonchev–Trinajstić information content (AvgIpc) is 3.04. The maximum absolute atomic E-state index is 13.4. The van der Waals surface area contributed by atoms with Crippen LogP contribution >= 0.6 is 0 Å². The van der Waals surface area contributed by atoms with Crippen LogP contribution in [0.4, 0.5) is 0 Å². The van der Waals surface area contributed by atoms with Crippen LogP contribution in [0.3, 0.4) is 0 Å². The van der Waals surface area contributed by atoms with Crippen molar-refractivity contribution >= 4 is 27.7 Å². The van der Waals surface area contributed by atoms with Gasteiger partial charge in [0.25, 0.3) is 15.9 Å². The molecule has 1 atom stereocenters. The van der Waals surface area contributed by atoms with Crippen molar-refractivity contribution in [3.05, 3.63) is 65.2 Å². The van der Waals surface area contributed by atoms with Crippen molar-refractivity contribution in [3.63, 3.8) is 0 Å². The molecule has 1 aliphatic heterocycles. The molecule has 0 unspecified atom stereocenters. The van der Waals surface area contributed by atoms with Gasteiger partial charge in [0, 0.05) is 26.1 Å². The lowest BCUT2D eigenvalue weighted by atomic mass is 10.1. The monoisotopic (exact) mass is 513 g/mol. The fourth-order valence-corrected chi connectivity index (χ4v) is 6.01. The quantitative estimate of drug-likeness (QED) is 0.437. The maximum Gasteiger partial charge on any atom is 0.269 e. The van der Waals surface area contributed by atoms with E-state index in [9.17, 15) is 22.8 Å². The van der Waals surface area contributed by atoms with Crippen molar-refractivity contribution in [1.29, 1.82) is 0 Å². The molecule has 0 spiro atoms. The predicted octanol–water partition coefficient (Wildman–Crippen LogP) is 3.64. The van der Waals surface area contributed by atoms with Crippen molar-refractivity contribution in [2.75, 3.05) is 13.1 Å². The van der Waals surface area contributed by atoms with E-state index in [-0.39, 0.29) is 48.2 Å². The molecule has 2 aromatic rings. The molecule has 0 saturated heterocycles. The highest BCUT2D eigenvalue weighted by atomic mass is 32.2. The van der Waals surface area contributed by atoms with Gasteiger partial charge in [0.15, 0.2) is 0 Å². The molecule has 0 saturated carbocycles. The number of hydrogen-bond acceptors (Lipinski definition) is 5. The van der Waals surface area contributed by atoms with Gasteiger partial charge in [-0.25, -0.2) is 12.7 Å². The first-order valence-electron chi connectivity index (χ1n) is 12.5. The van der Waals surface area contributed by atoms with E-state index >= 15 is 0 Å². The minimum absolute atomic E-state index is 0.00259. The van der Waals surface area contributed by atoms with Gasteiger partial charge in [-0.1, -0.05) is 62.2 Å². The van der Waals surface area contributed by atoms with Gasteiger partial charge in [-0.05, 0) is 43.9 Å². The molecule has 0 aliphatic carbocycles. The average molecular weight is 514 g/mol. The fourth-order valence-electron chi connectivity index (χ4n) is 4.40. The highest BCUT2D eigenvalue weighted by molar-refractivity contribution is 7.90. The highest BCUT2D eigenvalue weighted by Crippen LogP contribution is 2.30. The summed E-state index contributed by atoms with van der Waals surface area (Å²) < 4.78 is 26.4. The van der Waals surface area contributed by atoms with E-state index in [2.05, 4.69) is 5.32 Å². The molecule has 0 aromatic heterocycles. The first kappa shape index (κ1) is 27.4. The Balaban J connectivity index is 1.73. The zero-order valence-electron chi connectivity index (χ0n) is 21.2. The Kier molecular flexibility index (Phi) is 9.25. The van der Waals surface area contributed by atoms with Gasteiger partial charge in [-0.15, -0.1) is 0 Å². The molecule has 0 bridgehead atoms. The molecular weight excluding hydrogens is 478 g/mol. The largest absolute Gasteiger partial charge is 0.354 e. The summed E-state index contributed by atoms with van der Waals surface area (Å²) in [6.07, 6.45) is 2.43. The molecule has 194 valence electrons. The van der Waals surface area contributed by atoms with Crippen LogP contribution in [-0.4, -0.2) is 54.5 Å². The number of hydrogen-bond donors (Lipinski definition) is 1. The van der Waals surface area contributed by atoms with Crippen LogP contribution in [0.5, 0.6) is 0 Å². The van der Waals surface area contributed by atoms with Crippen LogP contribution in [0.1, 0.15) is 67.4 Å². The van der Waals surface area contributed by atoms with Crippen LogP contribution in [0.25, 0.3) is 0 Å². The zero-order valence-corrected chi connectivity index (χ0v) is 22.0. The summed E-state index contributed by atoms with van der Waals surface area (Å²) in [5.74, 6) is -1.02. The highest BCUT2D eigenvalue weighted by Gasteiger charge is 2.40. The van der Waals surface area contributed by atoms with E-state index in [1.807, 2.05) is 45.0 Å². The molecule has 8 nitrogen and oxygen atoms in total. The molecule has 3 rings (SSSR count). The van der Waals surface area contributed by atoms with Gasteiger partial charge in [0.1, 0.15) is 10.9 Å². The smallest absolute Gasteiger partial charge is 0.269 e. The number of carbonyl (C=O) groups excluding carboxylic acids is 3. The lowest BCUT2D eigenvalue weighted by Gasteiger charge is -2.31. The van der Waals surface area contributed by atoms with E-state index in [0.717, 1.165) is 28.3 Å². The van der Waals surface area contributed by atoms with Gasteiger partial charge >= 0.3 is 0 Å². The Morgan fingerprint density at radius 1 is 1.06 bits per heavy atom. The van der Waals surface area contributed by atoms with Crippen molar-refractivity contribution < 1.29 is 22.8 Å². The van der Waals surface area contributed by atoms with Crippen molar-refractivity contribution in [2.24, 2.45) is 0 Å². The van der Waals surface area contributed by atoms with Crippen LogP contribution in [0.2, 0.25) is 0 Å². The minimum Gasteiger partial charge on any atom is -0.354 e. The second-order valence-corrected chi connectivity index (χ2v) is 10.9. The van der Waals surface area contributed by atoms with E-state index in [0.29, 0.717) is 13.0 Å². The Morgan fingerprint density at radius 2 is 1.81 bits per heavy atom. The van der Waals surface area contributed by atoms with Crippen molar-refractivity contribution in [2.45, 2.75) is 70.4 Å².